The minimum Gasteiger partial charge on any atom is -0.492 e. The Morgan fingerprint density at radius 3 is 2.82 bits per heavy atom. The number of halogens is 1. The predicted molar refractivity (Wildman–Crippen MR) is 89.6 cm³/mol. The highest BCUT2D eigenvalue weighted by atomic mass is 35.5. The van der Waals surface area contributed by atoms with Gasteiger partial charge in [0.25, 0.3) is 5.56 Å². The van der Waals surface area contributed by atoms with Crippen molar-refractivity contribution in [2.24, 2.45) is 0 Å². The molecule has 0 radical (unpaired) electrons. The quantitative estimate of drug-likeness (QED) is 0.752. The molecule has 2 aromatic carbocycles. The first-order valence-corrected chi connectivity index (χ1v) is 7.28. The third-order valence-corrected chi connectivity index (χ3v) is 3.63. The maximum absolute atomic E-state index is 12.4. The van der Waals surface area contributed by atoms with Crippen LogP contribution < -0.4 is 16.0 Å². The van der Waals surface area contributed by atoms with Gasteiger partial charge in [0, 0.05) is 28.4 Å². The standard InChI is InChI=1S/C17H15ClN2O2/c18-13-5-4-12-6-7-20(17(21)16(12)10-13)8-9-22-15-3-1-2-14(19)11-15/h1-7,10-11H,8-9,19H2. The van der Waals surface area contributed by atoms with Gasteiger partial charge in [-0.3, -0.25) is 4.79 Å². The second-order valence-corrected chi connectivity index (χ2v) is 5.40. The average Bonchev–Trinajstić information content (AvgIpc) is 2.50. The molecule has 3 aromatic rings. The van der Waals surface area contributed by atoms with Crippen molar-refractivity contribution in [1.82, 2.24) is 4.57 Å². The summed E-state index contributed by atoms with van der Waals surface area (Å²) in [6.45, 7) is 0.839. The molecule has 2 N–H and O–H groups in total. The van der Waals surface area contributed by atoms with Crippen LogP contribution in [-0.2, 0) is 6.54 Å². The van der Waals surface area contributed by atoms with Crippen molar-refractivity contribution in [3.8, 4) is 5.75 Å². The molecule has 0 saturated heterocycles. The fourth-order valence-corrected chi connectivity index (χ4v) is 2.47. The summed E-state index contributed by atoms with van der Waals surface area (Å²) in [7, 11) is 0. The molecule has 5 heteroatoms. The number of fused-ring (bicyclic) bond motifs is 1. The Labute approximate surface area is 132 Å². The van der Waals surface area contributed by atoms with E-state index in [1.54, 1.807) is 35.0 Å². The highest BCUT2D eigenvalue weighted by Gasteiger charge is 2.04. The summed E-state index contributed by atoms with van der Waals surface area (Å²) in [4.78, 5) is 12.4. The van der Waals surface area contributed by atoms with Crippen molar-refractivity contribution in [3.63, 3.8) is 0 Å². The molecule has 0 spiro atoms. The van der Waals surface area contributed by atoms with Crippen LogP contribution in [0, 0.1) is 0 Å². The molecule has 22 heavy (non-hydrogen) atoms. The molecule has 0 amide bonds. The van der Waals surface area contributed by atoms with E-state index < -0.39 is 0 Å². The zero-order chi connectivity index (χ0) is 15.5. The van der Waals surface area contributed by atoms with Gasteiger partial charge in [-0.15, -0.1) is 0 Å². The number of rotatable bonds is 4. The third-order valence-electron chi connectivity index (χ3n) is 3.40. The predicted octanol–water partition coefficient (Wildman–Crippen LogP) is 3.32. The molecule has 0 bridgehead atoms. The van der Waals surface area contributed by atoms with Crippen molar-refractivity contribution in [1.29, 1.82) is 0 Å². The highest BCUT2D eigenvalue weighted by Crippen LogP contribution is 2.16. The third kappa shape index (κ3) is 3.07. The Morgan fingerprint density at radius 1 is 1.14 bits per heavy atom. The lowest BCUT2D eigenvalue weighted by Gasteiger charge is -2.09. The van der Waals surface area contributed by atoms with Crippen molar-refractivity contribution in [2.75, 3.05) is 12.3 Å². The highest BCUT2D eigenvalue weighted by molar-refractivity contribution is 6.31. The monoisotopic (exact) mass is 314 g/mol. The number of nitrogens with zero attached hydrogens (tertiary/aromatic N) is 1. The van der Waals surface area contributed by atoms with Crippen LogP contribution in [0.3, 0.4) is 0 Å². The first kappa shape index (κ1) is 14.5. The molecular weight excluding hydrogens is 300 g/mol. The van der Waals surface area contributed by atoms with Gasteiger partial charge in [0.05, 0.1) is 6.54 Å². The largest absolute Gasteiger partial charge is 0.492 e. The zero-order valence-electron chi connectivity index (χ0n) is 11.8. The zero-order valence-corrected chi connectivity index (χ0v) is 12.6. The molecule has 3 rings (SSSR count). The van der Waals surface area contributed by atoms with E-state index in [0.717, 1.165) is 5.39 Å². The SMILES string of the molecule is Nc1cccc(OCCn2ccc3ccc(Cl)cc3c2=O)c1. The van der Waals surface area contributed by atoms with Crippen LogP contribution in [-0.4, -0.2) is 11.2 Å². The van der Waals surface area contributed by atoms with E-state index in [1.807, 2.05) is 24.3 Å². The number of hydrogen-bond donors (Lipinski definition) is 1. The Morgan fingerprint density at radius 2 is 2.00 bits per heavy atom. The van der Waals surface area contributed by atoms with E-state index in [-0.39, 0.29) is 5.56 Å². The number of aromatic nitrogens is 1. The fourth-order valence-electron chi connectivity index (χ4n) is 2.29. The second-order valence-electron chi connectivity index (χ2n) is 4.97. The van der Waals surface area contributed by atoms with Gasteiger partial charge in [-0.2, -0.15) is 0 Å². The maximum atomic E-state index is 12.4. The molecule has 0 unspecified atom stereocenters. The summed E-state index contributed by atoms with van der Waals surface area (Å²) in [5.74, 6) is 0.692. The normalized spacial score (nSPS) is 10.8. The van der Waals surface area contributed by atoms with E-state index in [2.05, 4.69) is 0 Å². The summed E-state index contributed by atoms with van der Waals surface area (Å²) >= 11 is 5.96. The van der Waals surface area contributed by atoms with E-state index in [0.29, 0.717) is 35.0 Å². The van der Waals surface area contributed by atoms with Crippen LogP contribution in [0.2, 0.25) is 5.02 Å². The maximum Gasteiger partial charge on any atom is 0.258 e. The Balaban J connectivity index is 1.77. The van der Waals surface area contributed by atoms with Crippen LogP contribution in [0.15, 0.2) is 59.5 Å². The number of nitrogen functional groups attached to an aromatic ring is 1. The summed E-state index contributed by atoms with van der Waals surface area (Å²) in [6, 6.07) is 14.4. The number of benzene rings is 2. The lowest BCUT2D eigenvalue weighted by Crippen LogP contribution is -2.22. The van der Waals surface area contributed by atoms with Crippen LogP contribution in [0.25, 0.3) is 10.8 Å². The topological polar surface area (TPSA) is 57.2 Å². The van der Waals surface area contributed by atoms with Gasteiger partial charge in [0.2, 0.25) is 0 Å². The molecule has 0 aliphatic rings. The van der Waals surface area contributed by atoms with Crippen molar-refractivity contribution in [3.05, 3.63) is 70.1 Å². The van der Waals surface area contributed by atoms with Gasteiger partial charge >= 0.3 is 0 Å². The smallest absolute Gasteiger partial charge is 0.258 e. The Hall–Kier alpha value is -2.46. The molecule has 0 saturated carbocycles. The van der Waals surface area contributed by atoms with Crippen molar-refractivity contribution in [2.45, 2.75) is 6.54 Å². The van der Waals surface area contributed by atoms with Crippen molar-refractivity contribution < 1.29 is 4.74 Å². The first-order valence-electron chi connectivity index (χ1n) is 6.90. The molecule has 0 fully saturated rings. The van der Waals surface area contributed by atoms with Crippen LogP contribution in [0.1, 0.15) is 0 Å². The number of hydrogen-bond acceptors (Lipinski definition) is 3. The number of pyridine rings is 1. The lowest BCUT2D eigenvalue weighted by molar-refractivity contribution is 0.297. The molecule has 1 aromatic heterocycles. The van der Waals surface area contributed by atoms with Gasteiger partial charge in [-0.25, -0.2) is 0 Å². The molecule has 4 nitrogen and oxygen atoms in total. The van der Waals surface area contributed by atoms with E-state index >= 15 is 0 Å². The van der Waals surface area contributed by atoms with Crippen LogP contribution in [0.5, 0.6) is 5.75 Å². The van der Waals surface area contributed by atoms with Crippen molar-refractivity contribution >= 4 is 28.1 Å². The first-order chi connectivity index (χ1) is 10.6. The summed E-state index contributed by atoms with van der Waals surface area (Å²) in [5, 5.41) is 2.04. The van der Waals surface area contributed by atoms with Gasteiger partial charge in [0.15, 0.2) is 0 Å². The number of ether oxygens (including phenoxy) is 1. The number of nitrogens with two attached hydrogens (primary N) is 1. The molecule has 0 aliphatic carbocycles. The Kier molecular flexibility index (Phi) is 4.02. The van der Waals surface area contributed by atoms with Crippen LogP contribution in [0.4, 0.5) is 5.69 Å². The molecular formula is C17H15ClN2O2. The lowest BCUT2D eigenvalue weighted by atomic mass is 10.2. The Bertz CT molecular complexity index is 874. The van der Waals surface area contributed by atoms with Gasteiger partial charge < -0.3 is 15.0 Å². The average molecular weight is 315 g/mol. The summed E-state index contributed by atoms with van der Waals surface area (Å²) in [5.41, 5.74) is 6.27. The van der Waals surface area contributed by atoms with E-state index in [1.165, 1.54) is 0 Å². The van der Waals surface area contributed by atoms with E-state index in [9.17, 15) is 4.79 Å². The minimum atomic E-state index is -0.0730. The van der Waals surface area contributed by atoms with Gasteiger partial charge in [-0.1, -0.05) is 23.7 Å². The second kappa shape index (κ2) is 6.12. The molecule has 0 aliphatic heterocycles. The number of anilines is 1. The fraction of sp³-hybridized carbons (Fsp3) is 0.118. The minimum absolute atomic E-state index is 0.0730. The molecule has 1 heterocycles. The summed E-state index contributed by atoms with van der Waals surface area (Å²) in [6.07, 6.45) is 1.77. The van der Waals surface area contributed by atoms with Gasteiger partial charge in [0.1, 0.15) is 12.4 Å². The molecule has 0 atom stereocenters. The van der Waals surface area contributed by atoms with Crippen LogP contribution >= 0.6 is 11.6 Å². The van der Waals surface area contributed by atoms with E-state index in [4.69, 9.17) is 22.1 Å². The molecule has 112 valence electrons. The summed E-state index contributed by atoms with van der Waals surface area (Å²) < 4.78 is 7.23. The van der Waals surface area contributed by atoms with Gasteiger partial charge in [-0.05, 0) is 35.7 Å².